The molecule has 11 heteroatoms. The van der Waals surface area contributed by atoms with Gasteiger partial charge in [0.2, 0.25) is 0 Å². The number of nitrogens with two attached hydrogens (primary N) is 1. The van der Waals surface area contributed by atoms with E-state index in [0.717, 1.165) is 38.5 Å². The summed E-state index contributed by atoms with van der Waals surface area (Å²) in [5.41, 5.74) is 5.33. The van der Waals surface area contributed by atoms with Gasteiger partial charge in [-0.2, -0.15) is 0 Å². The van der Waals surface area contributed by atoms with E-state index in [2.05, 4.69) is 18.4 Å². The van der Waals surface area contributed by atoms with E-state index in [1.54, 1.807) is 0 Å². The zero-order valence-electron chi connectivity index (χ0n) is 29.4. The second-order valence-electron chi connectivity index (χ2n) is 12.7. The molecule has 3 atom stereocenters. The Morgan fingerprint density at radius 1 is 0.609 bits per heavy atom. The first kappa shape index (κ1) is 45.0. The Balaban J connectivity index is 4.24. The van der Waals surface area contributed by atoms with Gasteiger partial charge in [-0.05, 0) is 12.8 Å². The van der Waals surface area contributed by atoms with Crippen molar-refractivity contribution in [1.82, 2.24) is 0 Å². The van der Waals surface area contributed by atoms with Crippen molar-refractivity contribution < 1.29 is 42.7 Å². The number of ether oxygens (including phenoxy) is 2. The van der Waals surface area contributed by atoms with Crippen LogP contribution in [0.3, 0.4) is 0 Å². The van der Waals surface area contributed by atoms with Crippen LogP contribution >= 0.6 is 7.82 Å². The summed E-state index contributed by atoms with van der Waals surface area (Å²) in [6.45, 7) is 3.87. The Hall–Kier alpha value is -1.03. The zero-order valence-corrected chi connectivity index (χ0v) is 30.3. The lowest BCUT2D eigenvalue weighted by Gasteiger charge is -2.20. The van der Waals surface area contributed by atoms with Crippen molar-refractivity contribution in [2.45, 2.75) is 187 Å². The molecule has 10 nitrogen and oxygen atoms in total. The van der Waals surface area contributed by atoms with Crippen molar-refractivity contribution >= 4 is 19.8 Å². The number of hydrogen-bond acceptors (Lipinski definition) is 8. The normalized spacial score (nSPS) is 14.2. The molecule has 0 saturated carbocycles. The van der Waals surface area contributed by atoms with Crippen molar-refractivity contribution in [3.8, 4) is 0 Å². The maximum absolute atomic E-state index is 12.5. The van der Waals surface area contributed by atoms with E-state index in [9.17, 15) is 19.0 Å². The van der Waals surface area contributed by atoms with E-state index in [4.69, 9.17) is 24.8 Å². The van der Waals surface area contributed by atoms with E-state index < -0.39 is 45.1 Å². The Bertz CT molecular complexity index is 756. The Morgan fingerprint density at radius 2 is 1.00 bits per heavy atom. The maximum atomic E-state index is 12.5. The molecule has 3 unspecified atom stereocenters. The first-order valence-corrected chi connectivity index (χ1v) is 20.1. The highest BCUT2D eigenvalue weighted by molar-refractivity contribution is 7.47. The summed E-state index contributed by atoms with van der Waals surface area (Å²) in [4.78, 5) is 33.2. The minimum Gasteiger partial charge on any atom is -0.480 e. The largest absolute Gasteiger partial charge is 0.480 e. The Labute approximate surface area is 280 Å². The van der Waals surface area contributed by atoms with Crippen molar-refractivity contribution in [3.05, 3.63) is 0 Å². The molecular formula is C35H70NO9P. The van der Waals surface area contributed by atoms with Gasteiger partial charge in [-0.15, -0.1) is 0 Å². The van der Waals surface area contributed by atoms with Gasteiger partial charge in [-0.25, -0.2) is 4.57 Å². The highest BCUT2D eigenvalue weighted by Crippen LogP contribution is 2.43. The number of carbonyl (C=O) groups excluding carboxylic acids is 1. The Morgan fingerprint density at radius 3 is 1.43 bits per heavy atom. The van der Waals surface area contributed by atoms with Crippen LogP contribution < -0.4 is 5.73 Å². The van der Waals surface area contributed by atoms with E-state index in [-0.39, 0.29) is 13.0 Å². The molecule has 274 valence electrons. The van der Waals surface area contributed by atoms with Gasteiger partial charge in [0.25, 0.3) is 0 Å². The molecule has 0 aromatic carbocycles. The van der Waals surface area contributed by atoms with Crippen LogP contribution in [0.4, 0.5) is 0 Å². The third kappa shape index (κ3) is 31.6. The van der Waals surface area contributed by atoms with Crippen LogP contribution in [0.15, 0.2) is 0 Å². The fourth-order valence-electron chi connectivity index (χ4n) is 5.19. The van der Waals surface area contributed by atoms with Gasteiger partial charge in [0.1, 0.15) is 12.1 Å². The number of unbranched alkanes of at least 4 members (excludes halogenated alkanes) is 22. The molecule has 0 aliphatic rings. The van der Waals surface area contributed by atoms with Gasteiger partial charge in [0.05, 0.1) is 19.8 Å². The molecule has 4 N–H and O–H groups in total. The van der Waals surface area contributed by atoms with Gasteiger partial charge in [-0.1, -0.05) is 155 Å². The minimum atomic E-state index is -4.60. The summed E-state index contributed by atoms with van der Waals surface area (Å²) in [7, 11) is -4.60. The summed E-state index contributed by atoms with van der Waals surface area (Å²) >= 11 is 0. The number of aliphatic carboxylic acids is 1. The first-order chi connectivity index (χ1) is 22.2. The molecule has 0 aromatic rings. The summed E-state index contributed by atoms with van der Waals surface area (Å²) in [6, 6.07) is -1.47. The third-order valence-electron chi connectivity index (χ3n) is 8.14. The summed E-state index contributed by atoms with van der Waals surface area (Å²) in [5, 5.41) is 8.84. The molecule has 0 amide bonds. The molecule has 0 aliphatic carbocycles. The SMILES string of the molecule is CCCCCCCCCCCCCCCCCOCC(COP(=O)(O)OCC(N)C(=O)O)OC(=O)CCCCCCCCCCC. The lowest BCUT2D eigenvalue weighted by atomic mass is 10.0. The molecule has 0 aromatic heterocycles. The number of carboxylic acid groups (broad SMARTS) is 1. The molecule has 0 aliphatic heterocycles. The molecule has 0 rings (SSSR count). The van der Waals surface area contributed by atoms with E-state index in [0.29, 0.717) is 6.61 Å². The lowest BCUT2D eigenvalue weighted by Crippen LogP contribution is -2.34. The summed E-state index contributed by atoms with van der Waals surface area (Å²) in [6.07, 6.45) is 28.7. The number of phosphoric ester groups is 1. The number of carbonyl (C=O) groups is 2. The predicted octanol–water partition coefficient (Wildman–Crippen LogP) is 9.25. The minimum absolute atomic E-state index is 0.0245. The van der Waals surface area contributed by atoms with Crippen molar-refractivity contribution in [2.75, 3.05) is 26.4 Å². The fraction of sp³-hybridized carbons (Fsp3) is 0.943. The van der Waals surface area contributed by atoms with Gasteiger partial charge >= 0.3 is 19.8 Å². The topological polar surface area (TPSA) is 155 Å². The van der Waals surface area contributed by atoms with E-state index >= 15 is 0 Å². The quantitative estimate of drug-likeness (QED) is 0.0331. The molecule has 0 radical (unpaired) electrons. The highest BCUT2D eigenvalue weighted by Gasteiger charge is 2.27. The highest BCUT2D eigenvalue weighted by atomic mass is 31.2. The van der Waals surface area contributed by atoms with Gasteiger partial charge < -0.3 is 25.2 Å². The van der Waals surface area contributed by atoms with Gasteiger partial charge in [0, 0.05) is 13.0 Å². The van der Waals surface area contributed by atoms with Crippen molar-refractivity contribution in [3.63, 3.8) is 0 Å². The van der Waals surface area contributed by atoms with Crippen LogP contribution in [-0.2, 0) is 32.7 Å². The smallest absolute Gasteiger partial charge is 0.472 e. The molecule has 0 spiro atoms. The van der Waals surface area contributed by atoms with Crippen LogP contribution in [-0.4, -0.2) is 60.5 Å². The number of carboxylic acids is 1. The van der Waals surface area contributed by atoms with Crippen LogP contribution in [0, 0.1) is 0 Å². The number of esters is 1. The second-order valence-corrected chi connectivity index (χ2v) is 14.2. The summed E-state index contributed by atoms with van der Waals surface area (Å²) < 4.78 is 33.1. The number of phosphoric acid groups is 1. The van der Waals surface area contributed by atoms with E-state index in [1.807, 2.05) is 0 Å². The molecule has 0 saturated heterocycles. The zero-order chi connectivity index (χ0) is 34.1. The van der Waals surface area contributed by atoms with Crippen molar-refractivity contribution in [2.24, 2.45) is 5.73 Å². The van der Waals surface area contributed by atoms with Crippen LogP contribution in [0.25, 0.3) is 0 Å². The average Bonchev–Trinajstić information content (AvgIpc) is 3.03. The van der Waals surface area contributed by atoms with Crippen molar-refractivity contribution in [1.29, 1.82) is 0 Å². The molecular weight excluding hydrogens is 609 g/mol. The monoisotopic (exact) mass is 679 g/mol. The predicted molar refractivity (Wildman–Crippen MR) is 185 cm³/mol. The fourth-order valence-corrected chi connectivity index (χ4v) is 5.97. The molecule has 46 heavy (non-hydrogen) atoms. The maximum Gasteiger partial charge on any atom is 0.472 e. The average molecular weight is 680 g/mol. The number of rotatable bonds is 36. The Kier molecular flexibility index (Phi) is 31.8. The molecule has 0 fully saturated rings. The second kappa shape index (κ2) is 32.5. The van der Waals surface area contributed by atoms with Crippen LogP contribution in [0.5, 0.6) is 0 Å². The van der Waals surface area contributed by atoms with E-state index in [1.165, 1.54) is 116 Å². The number of hydrogen-bond donors (Lipinski definition) is 3. The first-order valence-electron chi connectivity index (χ1n) is 18.6. The lowest BCUT2D eigenvalue weighted by molar-refractivity contribution is -0.154. The van der Waals surface area contributed by atoms with Gasteiger partial charge in [0.15, 0.2) is 0 Å². The third-order valence-corrected chi connectivity index (χ3v) is 9.09. The summed E-state index contributed by atoms with van der Waals surface area (Å²) in [5.74, 6) is -1.77. The van der Waals surface area contributed by atoms with Gasteiger partial charge in [-0.3, -0.25) is 18.6 Å². The standard InChI is InChI=1S/C35H70NO9P/c1-3-5-7-9-11-13-14-15-16-17-18-20-22-24-26-28-42-29-32(30-43-46(40,41)44-31-33(36)35(38)39)45-34(37)27-25-23-21-19-12-10-8-6-4-2/h32-33H,3-31,36H2,1-2H3,(H,38,39)(H,40,41). The van der Waals surface area contributed by atoms with Crippen LogP contribution in [0.1, 0.15) is 174 Å². The van der Waals surface area contributed by atoms with Crippen LogP contribution in [0.2, 0.25) is 0 Å². The molecule has 0 heterocycles. The molecule has 0 bridgehead atoms.